The van der Waals surface area contributed by atoms with Crippen LogP contribution in [0.5, 0.6) is 0 Å². The normalized spacial score (nSPS) is 18.5. The standard InChI is InChI=1S/C16H19N3OS/c1-11-3-5-14(6-4-11)19-15(7-12(2)17-19)18-9-13(10-21)8-16(18)20/h3-7,13,21H,8-10H2,1-2H3. The molecule has 21 heavy (non-hydrogen) atoms. The topological polar surface area (TPSA) is 38.1 Å². The number of carbonyl (C=O) groups is 1. The fraction of sp³-hybridized carbons (Fsp3) is 0.375. The molecule has 1 saturated heterocycles. The maximum absolute atomic E-state index is 12.2. The van der Waals surface area contributed by atoms with Crippen molar-refractivity contribution in [2.24, 2.45) is 5.92 Å². The molecule has 3 rings (SSSR count). The van der Waals surface area contributed by atoms with Crippen LogP contribution in [0.15, 0.2) is 30.3 Å². The van der Waals surface area contributed by atoms with E-state index in [2.05, 4.69) is 36.8 Å². The Morgan fingerprint density at radius 3 is 2.62 bits per heavy atom. The molecule has 0 spiro atoms. The molecular formula is C16H19N3OS. The summed E-state index contributed by atoms with van der Waals surface area (Å²) in [6, 6.07) is 10.1. The number of benzene rings is 1. The van der Waals surface area contributed by atoms with Gasteiger partial charge in [-0.25, -0.2) is 4.68 Å². The van der Waals surface area contributed by atoms with Gasteiger partial charge in [0, 0.05) is 19.0 Å². The summed E-state index contributed by atoms with van der Waals surface area (Å²) in [6.45, 7) is 4.73. The van der Waals surface area contributed by atoms with Gasteiger partial charge in [0.15, 0.2) is 0 Å². The molecule has 1 aromatic heterocycles. The van der Waals surface area contributed by atoms with Crippen molar-refractivity contribution in [2.75, 3.05) is 17.2 Å². The monoisotopic (exact) mass is 301 g/mol. The van der Waals surface area contributed by atoms with Crippen molar-refractivity contribution in [2.45, 2.75) is 20.3 Å². The number of aryl methyl sites for hydroxylation is 2. The first-order chi connectivity index (χ1) is 10.1. The highest BCUT2D eigenvalue weighted by Crippen LogP contribution is 2.28. The number of hydrogen-bond donors (Lipinski definition) is 1. The Labute approximate surface area is 130 Å². The molecule has 1 atom stereocenters. The molecule has 1 aromatic carbocycles. The Kier molecular flexibility index (Phi) is 3.76. The lowest BCUT2D eigenvalue weighted by molar-refractivity contribution is -0.117. The van der Waals surface area contributed by atoms with Gasteiger partial charge in [-0.05, 0) is 37.7 Å². The van der Waals surface area contributed by atoms with Crippen molar-refractivity contribution in [3.8, 4) is 5.69 Å². The molecule has 0 saturated carbocycles. The molecule has 1 aliphatic heterocycles. The van der Waals surface area contributed by atoms with Crippen molar-refractivity contribution in [3.05, 3.63) is 41.6 Å². The van der Waals surface area contributed by atoms with E-state index in [1.807, 2.05) is 34.7 Å². The summed E-state index contributed by atoms with van der Waals surface area (Å²) in [5, 5.41) is 4.54. The van der Waals surface area contributed by atoms with Crippen LogP contribution in [-0.2, 0) is 4.79 Å². The zero-order valence-corrected chi connectivity index (χ0v) is 13.2. The summed E-state index contributed by atoms with van der Waals surface area (Å²) in [6.07, 6.45) is 0.571. The Balaban J connectivity index is 2.00. The SMILES string of the molecule is Cc1ccc(-n2nc(C)cc2N2CC(CS)CC2=O)cc1. The minimum absolute atomic E-state index is 0.155. The van der Waals surface area contributed by atoms with Gasteiger partial charge in [0.05, 0.1) is 11.4 Å². The fourth-order valence-electron chi connectivity index (χ4n) is 2.68. The van der Waals surface area contributed by atoms with Gasteiger partial charge in [-0.2, -0.15) is 17.7 Å². The maximum atomic E-state index is 12.2. The van der Waals surface area contributed by atoms with Crippen LogP contribution in [0.3, 0.4) is 0 Å². The lowest BCUT2D eigenvalue weighted by Gasteiger charge is -2.18. The van der Waals surface area contributed by atoms with Gasteiger partial charge < -0.3 is 0 Å². The Morgan fingerprint density at radius 2 is 2.00 bits per heavy atom. The summed E-state index contributed by atoms with van der Waals surface area (Å²) >= 11 is 4.32. The van der Waals surface area contributed by atoms with E-state index in [1.165, 1.54) is 5.56 Å². The Morgan fingerprint density at radius 1 is 1.29 bits per heavy atom. The smallest absolute Gasteiger partial charge is 0.228 e. The summed E-state index contributed by atoms with van der Waals surface area (Å²) in [7, 11) is 0. The average molecular weight is 301 g/mol. The van der Waals surface area contributed by atoms with E-state index in [0.717, 1.165) is 29.5 Å². The number of hydrogen-bond acceptors (Lipinski definition) is 3. The number of carbonyl (C=O) groups excluding carboxylic acids is 1. The Hall–Kier alpha value is -1.75. The van der Waals surface area contributed by atoms with Gasteiger partial charge in [0.25, 0.3) is 0 Å². The number of thiol groups is 1. The second-order valence-electron chi connectivity index (χ2n) is 5.65. The van der Waals surface area contributed by atoms with E-state index in [4.69, 9.17) is 0 Å². The highest BCUT2D eigenvalue weighted by atomic mass is 32.1. The first-order valence-electron chi connectivity index (χ1n) is 7.13. The predicted molar refractivity (Wildman–Crippen MR) is 87.4 cm³/mol. The summed E-state index contributed by atoms with van der Waals surface area (Å²) in [5.41, 5.74) is 3.09. The maximum Gasteiger partial charge on any atom is 0.228 e. The molecule has 5 heteroatoms. The zero-order valence-electron chi connectivity index (χ0n) is 12.3. The molecule has 0 aliphatic carbocycles. The van der Waals surface area contributed by atoms with Gasteiger partial charge in [-0.1, -0.05) is 17.7 Å². The van der Waals surface area contributed by atoms with Crippen LogP contribution in [0.4, 0.5) is 5.82 Å². The van der Waals surface area contributed by atoms with E-state index in [1.54, 1.807) is 0 Å². The Bertz CT molecular complexity index is 663. The number of amides is 1. The van der Waals surface area contributed by atoms with Crippen molar-refractivity contribution in [1.29, 1.82) is 0 Å². The molecule has 2 heterocycles. The molecular weight excluding hydrogens is 282 g/mol. The molecule has 1 amide bonds. The van der Waals surface area contributed by atoms with E-state index in [9.17, 15) is 4.79 Å². The molecule has 1 aliphatic rings. The largest absolute Gasteiger partial charge is 0.296 e. The third-order valence-electron chi connectivity index (χ3n) is 3.83. The van der Waals surface area contributed by atoms with E-state index >= 15 is 0 Å². The minimum atomic E-state index is 0.155. The molecule has 0 N–H and O–H groups in total. The number of anilines is 1. The van der Waals surface area contributed by atoms with Gasteiger partial charge >= 0.3 is 0 Å². The van der Waals surface area contributed by atoms with Crippen molar-refractivity contribution >= 4 is 24.4 Å². The third-order valence-corrected chi connectivity index (χ3v) is 4.35. The van der Waals surface area contributed by atoms with Crippen LogP contribution in [0.1, 0.15) is 17.7 Å². The molecule has 110 valence electrons. The van der Waals surface area contributed by atoms with Crippen LogP contribution in [0, 0.1) is 19.8 Å². The summed E-state index contributed by atoms with van der Waals surface area (Å²) in [5.74, 6) is 2.07. The van der Waals surface area contributed by atoms with Gasteiger partial charge in [-0.15, -0.1) is 0 Å². The van der Waals surface area contributed by atoms with Gasteiger partial charge in [0.1, 0.15) is 5.82 Å². The molecule has 4 nitrogen and oxygen atoms in total. The summed E-state index contributed by atoms with van der Waals surface area (Å²) in [4.78, 5) is 14.1. The van der Waals surface area contributed by atoms with Crippen LogP contribution in [0.2, 0.25) is 0 Å². The fourth-order valence-corrected chi connectivity index (χ4v) is 2.92. The average Bonchev–Trinajstić information content (AvgIpc) is 3.02. The van der Waals surface area contributed by atoms with Crippen LogP contribution < -0.4 is 4.90 Å². The molecule has 0 bridgehead atoms. The van der Waals surface area contributed by atoms with E-state index < -0.39 is 0 Å². The number of nitrogens with zero attached hydrogens (tertiary/aromatic N) is 3. The van der Waals surface area contributed by atoms with Crippen molar-refractivity contribution in [1.82, 2.24) is 9.78 Å². The predicted octanol–water partition coefficient (Wildman–Crippen LogP) is 2.77. The first kappa shape index (κ1) is 14.2. The second kappa shape index (κ2) is 5.56. The summed E-state index contributed by atoms with van der Waals surface area (Å²) < 4.78 is 1.85. The van der Waals surface area contributed by atoms with Crippen LogP contribution in [-0.4, -0.2) is 28.0 Å². The molecule has 1 unspecified atom stereocenters. The molecule has 0 radical (unpaired) electrons. The minimum Gasteiger partial charge on any atom is -0.296 e. The third kappa shape index (κ3) is 2.70. The quantitative estimate of drug-likeness (QED) is 0.885. The van der Waals surface area contributed by atoms with Gasteiger partial charge in [0.2, 0.25) is 5.91 Å². The van der Waals surface area contributed by atoms with Gasteiger partial charge in [-0.3, -0.25) is 9.69 Å². The highest BCUT2D eigenvalue weighted by Gasteiger charge is 2.32. The first-order valence-corrected chi connectivity index (χ1v) is 7.76. The van der Waals surface area contributed by atoms with Crippen LogP contribution in [0.25, 0.3) is 5.69 Å². The van der Waals surface area contributed by atoms with Crippen LogP contribution >= 0.6 is 12.6 Å². The molecule has 2 aromatic rings. The highest BCUT2D eigenvalue weighted by molar-refractivity contribution is 7.80. The lowest BCUT2D eigenvalue weighted by atomic mass is 10.1. The van der Waals surface area contributed by atoms with E-state index in [0.29, 0.717) is 12.3 Å². The second-order valence-corrected chi connectivity index (χ2v) is 6.01. The number of rotatable bonds is 3. The lowest BCUT2D eigenvalue weighted by Crippen LogP contribution is -2.27. The zero-order chi connectivity index (χ0) is 15.0. The molecule has 1 fully saturated rings. The van der Waals surface area contributed by atoms with Crippen molar-refractivity contribution < 1.29 is 4.79 Å². The van der Waals surface area contributed by atoms with E-state index in [-0.39, 0.29) is 5.91 Å². The number of aromatic nitrogens is 2. The van der Waals surface area contributed by atoms with Crippen molar-refractivity contribution in [3.63, 3.8) is 0 Å².